The predicted molar refractivity (Wildman–Crippen MR) is 54.6 cm³/mol. The largest absolute Gasteiger partial charge is 0.426 e. The van der Waals surface area contributed by atoms with Gasteiger partial charge >= 0.3 is 15.2 Å². The quantitative estimate of drug-likeness (QED) is 0.367. The Bertz CT molecular complexity index is 309. The molecule has 0 aliphatic carbocycles. The van der Waals surface area contributed by atoms with E-state index in [0.717, 1.165) is 11.6 Å². The highest BCUT2D eigenvalue weighted by Crippen LogP contribution is 2.31. The number of hydrogen-bond donors (Lipinski definition) is 5. The van der Waals surface area contributed by atoms with Crippen LogP contribution in [0.4, 0.5) is 0 Å². The third-order valence-corrected chi connectivity index (χ3v) is 0.782. The summed E-state index contributed by atoms with van der Waals surface area (Å²) in [5, 5.41) is 14.8. The lowest BCUT2D eigenvalue weighted by Crippen LogP contribution is -2.06. The number of nitriles is 2. The molecule has 6 N–H and O–H groups in total. The van der Waals surface area contributed by atoms with Crippen LogP contribution in [0, 0.1) is 22.1 Å². The van der Waals surface area contributed by atoms with Crippen molar-refractivity contribution in [3.05, 3.63) is 0 Å². The van der Waals surface area contributed by atoms with Crippen LogP contribution in [0.25, 0.3) is 0 Å². The monoisotopic (exact) mass is 273 g/mol. The van der Waals surface area contributed by atoms with Gasteiger partial charge in [-0.1, -0.05) is 13.8 Å². The molecule has 0 aromatic rings. The highest BCUT2D eigenvalue weighted by Gasteiger charge is 2.07. The van der Waals surface area contributed by atoms with Crippen molar-refractivity contribution < 1.29 is 28.7 Å². The molecule has 0 aliphatic rings. The maximum Gasteiger partial charge on any atom is 0.426 e. The Balaban J connectivity index is -0.000000162. The SMILES string of the molecule is CC(C)N.N#CP(=O)(O)O.N#CP(=O)(O)O. The molecule has 16 heavy (non-hydrogen) atoms. The second kappa shape index (κ2) is 9.46. The second-order valence-electron chi connectivity index (χ2n) is 2.53. The molecule has 11 heteroatoms. The third kappa shape index (κ3) is 72.2. The zero-order valence-electron chi connectivity index (χ0n) is 8.55. The minimum absolute atomic E-state index is 0.333. The number of hydrogen-bond acceptors (Lipinski definition) is 5. The van der Waals surface area contributed by atoms with Crippen molar-refractivity contribution >= 4 is 15.2 Å². The summed E-state index contributed by atoms with van der Waals surface area (Å²) in [7, 11) is -8.68. The second-order valence-corrected chi connectivity index (χ2v) is 5.11. The fourth-order valence-corrected chi connectivity index (χ4v) is 0. The fourth-order valence-electron chi connectivity index (χ4n) is 0. The average molecular weight is 273 g/mol. The van der Waals surface area contributed by atoms with Gasteiger partial charge in [0.25, 0.3) is 0 Å². The van der Waals surface area contributed by atoms with Crippen molar-refractivity contribution in [3.63, 3.8) is 0 Å². The minimum Gasteiger partial charge on any atom is -0.328 e. The Labute approximate surface area is 92.4 Å². The van der Waals surface area contributed by atoms with Gasteiger partial charge < -0.3 is 25.3 Å². The van der Waals surface area contributed by atoms with Gasteiger partial charge in [-0.15, -0.1) is 0 Å². The summed E-state index contributed by atoms with van der Waals surface area (Å²) in [4.78, 5) is 30.3. The maximum atomic E-state index is 9.33. The lowest BCUT2D eigenvalue weighted by Gasteiger charge is -1.81. The first-order valence-corrected chi connectivity index (χ1v) is 6.77. The topological polar surface area (TPSA) is 189 Å². The molecule has 0 amide bonds. The van der Waals surface area contributed by atoms with Crippen molar-refractivity contribution in [2.75, 3.05) is 0 Å². The van der Waals surface area contributed by atoms with Crippen LogP contribution in [0.5, 0.6) is 0 Å². The van der Waals surface area contributed by atoms with Crippen molar-refractivity contribution in [1.82, 2.24) is 0 Å². The van der Waals surface area contributed by atoms with Gasteiger partial charge in [0.1, 0.15) is 0 Å². The summed E-state index contributed by atoms with van der Waals surface area (Å²) >= 11 is 0. The number of rotatable bonds is 0. The first-order chi connectivity index (χ1) is 6.85. The van der Waals surface area contributed by atoms with Gasteiger partial charge in [0.05, 0.1) is 0 Å². The van der Waals surface area contributed by atoms with Crippen LogP contribution in [0.15, 0.2) is 0 Å². The van der Waals surface area contributed by atoms with E-state index in [0.29, 0.717) is 6.04 Å². The van der Waals surface area contributed by atoms with Gasteiger partial charge in [0.2, 0.25) is 0 Å². The van der Waals surface area contributed by atoms with Crippen LogP contribution in [-0.4, -0.2) is 25.6 Å². The lowest BCUT2D eigenvalue weighted by atomic mass is 10.5. The van der Waals surface area contributed by atoms with Gasteiger partial charge in [-0.3, -0.25) is 0 Å². The highest BCUT2D eigenvalue weighted by molar-refractivity contribution is 7.57. The highest BCUT2D eigenvalue weighted by atomic mass is 31.2. The van der Waals surface area contributed by atoms with E-state index in [1.807, 2.05) is 13.8 Å². The fraction of sp³-hybridized carbons (Fsp3) is 0.600. The van der Waals surface area contributed by atoms with Crippen molar-refractivity contribution in [2.24, 2.45) is 5.73 Å². The van der Waals surface area contributed by atoms with E-state index < -0.39 is 15.2 Å². The van der Waals surface area contributed by atoms with Crippen LogP contribution in [-0.2, 0) is 9.13 Å². The molecule has 0 atom stereocenters. The molecular weight excluding hydrogens is 260 g/mol. The zero-order valence-corrected chi connectivity index (χ0v) is 10.3. The molecule has 0 bridgehead atoms. The molecule has 0 saturated carbocycles. The third-order valence-electron chi connectivity index (χ3n) is 0.261. The van der Waals surface area contributed by atoms with E-state index in [-0.39, 0.29) is 0 Å². The van der Waals surface area contributed by atoms with Gasteiger partial charge in [-0.25, -0.2) is 9.13 Å². The van der Waals surface area contributed by atoms with E-state index in [1.165, 1.54) is 0 Å². The first kappa shape index (κ1) is 20.6. The van der Waals surface area contributed by atoms with Gasteiger partial charge in [-0.05, 0) is 6.04 Å². The van der Waals surface area contributed by atoms with Crippen molar-refractivity contribution in [2.45, 2.75) is 19.9 Å². The first-order valence-electron chi connectivity index (χ1n) is 3.55. The van der Waals surface area contributed by atoms with Crippen molar-refractivity contribution in [1.29, 1.82) is 10.5 Å². The number of nitrogens with two attached hydrogens (primary N) is 1. The Morgan fingerprint density at radius 1 is 1.00 bits per heavy atom. The molecule has 0 heterocycles. The summed E-state index contributed by atoms with van der Waals surface area (Å²) in [5.41, 5.74) is 5.11. The van der Waals surface area contributed by atoms with Crippen LogP contribution >= 0.6 is 15.2 Å². The van der Waals surface area contributed by atoms with Gasteiger partial charge in [0.15, 0.2) is 11.6 Å². The summed E-state index contributed by atoms with van der Waals surface area (Å²) in [5.74, 6) is 1.54. The van der Waals surface area contributed by atoms with Crippen LogP contribution in [0.3, 0.4) is 0 Å². The molecule has 94 valence electrons. The molecule has 9 nitrogen and oxygen atoms in total. The Hall–Kier alpha value is -0.760. The number of nitrogens with zero attached hydrogens (tertiary/aromatic N) is 2. The van der Waals surface area contributed by atoms with Crippen LogP contribution in [0.1, 0.15) is 13.8 Å². The molecule has 0 saturated heterocycles. The standard InChI is InChI=1S/C3H9N.2CH2NO3P/c1-3(2)4;2*2-1-6(3,4)5/h3H,4H2,1-2H3;2*(H2,3,4,5). The lowest BCUT2D eigenvalue weighted by molar-refractivity contribution is 0.386. The van der Waals surface area contributed by atoms with Crippen LogP contribution in [0.2, 0.25) is 0 Å². The van der Waals surface area contributed by atoms with Gasteiger partial charge in [-0.2, -0.15) is 10.5 Å². The van der Waals surface area contributed by atoms with E-state index in [2.05, 4.69) is 0 Å². The molecule has 0 aliphatic heterocycles. The maximum absolute atomic E-state index is 9.33. The van der Waals surface area contributed by atoms with Gasteiger partial charge in [0, 0.05) is 0 Å². The molecule has 0 rings (SSSR count). The molecule has 0 spiro atoms. The molecule has 0 aromatic carbocycles. The average Bonchev–Trinajstić information content (AvgIpc) is 2.02. The molecule has 0 radical (unpaired) electrons. The molecule has 0 aromatic heterocycles. The smallest absolute Gasteiger partial charge is 0.328 e. The molecule has 0 unspecified atom stereocenters. The normalized spacial score (nSPS) is 9.88. The molecule has 0 fully saturated rings. The Morgan fingerprint density at radius 2 is 1.06 bits per heavy atom. The van der Waals surface area contributed by atoms with E-state index in [9.17, 15) is 9.13 Å². The minimum atomic E-state index is -4.34. The van der Waals surface area contributed by atoms with E-state index in [1.54, 1.807) is 0 Å². The Kier molecular flexibility index (Phi) is 12.2. The molecular formula is C5H13N3O6P2. The predicted octanol–water partition coefficient (Wildman–Crippen LogP) is -0.356. The van der Waals surface area contributed by atoms with Crippen LogP contribution < -0.4 is 5.73 Å². The summed E-state index contributed by atoms with van der Waals surface area (Å²) in [6.07, 6.45) is 0. The summed E-state index contributed by atoms with van der Waals surface area (Å²) in [6, 6.07) is 0.333. The van der Waals surface area contributed by atoms with E-state index in [4.69, 9.17) is 35.8 Å². The summed E-state index contributed by atoms with van der Waals surface area (Å²) < 4.78 is 18.7. The van der Waals surface area contributed by atoms with Crippen molar-refractivity contribution in [3.8, 4) is 11.6 Å². The Morgan fingerprint density at radius 3 is 1.06 bits per heavy atom. The summed E-state index contributed by atoms with van der Waals surface area (Å²) in [6.45, 7) is 3.89. The van der Waals surface area contributed by atoms with E-state index >= 15 is 0 Å². The zero-order chi connectivity index (χ0) is 14.0.